The first-order valence-corrected chi connectivity index (χ1v) is 10.3. The summed E-state index contributed by atoms with van der Waals surface area (Å²) in [5, 5.41) is 12.3. The number of anilines is 1. The van der Waals surface area contributed by atoms with Gasteiger partial charge in [0.05, 0.1) is 5.02 Å². The number of pyridine rings is 1. The highest BCUT2D eigenvalue weighted by atomic mass is 35.5. The van der Waals surface area contributed by atoms with Crippen molar-refractivity contribution < 1.29 is 14.8 Å². The molecule has 0 radical (unpaired) electrons. The number of carbonyl (C=O) groups is 2. The van der Waals surface area contributed by atoms with E-state index in [9.17, 15) is 9.59 Å². The van der Waals surface area contributed by atoms with E-state index in [0.29, 0.717) is 28.9 Å². The largest absolute Gasteiger partial charge is 0.364 e. The van der Waals surface area contributed by atoms with Crippen molar-refractivity contribution in [1.82, 2.24) is 15.4 Å². The first kappa shape index (κ1) is 20.6. The van der Waals surface area contributed by atoms with Gasteiger partial charge in [0.15, 0.2) is 0 Å². The van der Waals surface area contributed by atoms with Crippen LogP contribution in [0.5, 0.6) is 0 Å². The highest BCUT2D eigenvalue weighted by Gasteiger charge is 2.30. The van der Waals surface area contributed by atoms with Gasteiger partial charge < -0.3 is 10.2 Å². The fourth-order valence-electron chi connectivity index (χ4n) is 3.96. The van der Waals surface area contributed by atoms with Crippen molar-refractivity contribution >= 4 is 35.3 Å². The SMILES string of the molecule is O=C(/C=C/c1cnc(N[C@@H]2CCCN(C(=O)C3CCCCC3)C2)c(Cl)c1)NO. The number of amides is 2. The third kappa shape index (κ3) is 5.45. The number of likely N-dealkylation sites (tertiary alicyclic amines) is 1. The molecule has 3 rings (SSSR count). The third-order valence-corrected chi connectivity index (χ3v) is 5.72. The fraction of sp³-hybridized carbons (Fsp3) is 0.550. The Bertz CT molecular complexity index is 734. The van der Waals surface area contributed by atoms with Gasteiger partial charge in [0.1, 0.15) is 5.82 Å². The summed E-state index contributed by atoms with van der Waals surface area (Å²) in [4.78, 5) is 30.2. The lowest BCUT2D eigenvalue weighted by Crippen LogP contribution is -2.47. The predicted molar refractivity (Wildman–Crippen MR) is 108 cm³/mol. The summed E-state index contributed by atoms with van der Waals surface area (Å²) in [6, 6.07) is 1.82. The molecule has 1 saturated heterocycles. The van der Waals surface area contributed by atoms with Crippen molar-refractivity contribution in [1.29, 1.82) is 0 Å². The molecule has 1 aliphatic heterocycles. The van der Waals surface area contributed by atoms with Crippen LogP contribution in [0.15, 0.2) is 18.3 Å². The zero-order valence-electron chi connectivity index (χ0n) is 15.9. The van der Waals surface area contributed by atoms with E-state index >= 15 is 0 Å². The Morgan fingerprint density at radius 3 is 2.71 bits per heavy atom. The van der Waals surface area contributed by atoms with Gasteiger partial charge in [-0.3, -0.25) is 14.8 Å². The van der Waals surface area contributed by atoms with E-state index in [2.05, 4.69) is 10.3 Å². The summed E-state index contributed by atoms with van der Waals surface area (Å²) >= 11 is 6.33. The van der Waals surface area contributed by atoms with Crippen molar-refractivity contribution in [2.24, 2.45) is 5.92 Å². The number of nitrogens with one attached hydrogen (secondary N) is 2. The van der Waals surface area contributed by atoms with Gasteiger partial charge in [-0.1, -0.05) is 30.9 Å². The predicted octanol–water partition coefficient (Wildman–Crippen LogP) is 3.24. The van der Waals surface area contributed by atoms with Crippen LogP contribution in [0.2, 0.25) is 5.02 Å². The number of carbonyl (C=O) groups excluding carboxylic acids is 2. The molecule has 7 nitrogen and oxygen atoms in total. The molecule has 0 spiro atoms. The van der Waals surface area contributed by atoms with Crippen molar-refractivity contribution in [3.63, 3.8) is 0 Å². The zero-order valence-corrected chi connectivity index (χ0v) is 16.6. The van der Waals surface area contributed by atoms with E-state index in [0.717, 1.165) is 45.1 Å². The molecule has 1 aromatic rings. The minimum absolute atomic E-state index is 0.118. The molecule has 0 unspecified atom stereocenters. The van der Waals surface area contributed by atoms with E-state index < -0.39 is 5.91 Å². The van der Waals surface area contributed by atoms with E-state index in [-0.39, 0.29) is 12.0 Å². The van der Waals surface area contributed by atoms with Crippen LogP contribution in [0.3, 0.4) is 0 Å². The third-order valence-electron chi connectivity index (χ3n) is 5.43. The fourth-order valence-corrected chi connectivity index (χ4v) is 4.18. The standard InChI is InChI=1S/C20H27ClN4O3/c21-17-11-14(8-9-18(26)24-28)12-22-19(17)23-16-7-4-10-25(13-16)20(27)15-5-2-1-3-6-15/h8-9,11-12,15-16,28H,1-7,10,13H2,(H,22,23)(H,24,26)/b9-8+/t16-/m1/s1. The topological polar surface area (TPSA) is 94.6 Å². The van der Waals surface area contributed by atoms with E-state index in [4.69, 9.17) is 16.8 Å². The summed E-state index contributed by atoms with van der Waals surface area (Å²) in [6.45, 7) is 1.50. The Kier molecular flexibility index (Phi) is 7.28. The molecular weight excluding hydrogens is 380 g/mol. The highest BCUT2D eigenvalue weighted by molar-refractivity contribution is 6.33. The second kappa shape index (κ2) is 9.89. The molecular formula is C20H27ClN4O3. The number of aromatic nitrogens is 1. The zero-order chi connectivity index (χ0) is 19.9. The van der Waals surface area contributed by atoms with Crippen LogP contribution < -0.4 is 10.8 Å². The number of hydroxylamine groups is 1. The summed E-state index contributed by atoms with van der Waals surface area (Å²) in [6.07, 6.45) is 11.8. The van der Waals surface area contributed by atoms with Gasteiger partial charge >= 0.3 is 0 Å². The Morgan fingerprint density at radius 1 is 1.21 bits per heavy atom. The van der Waals surface area contributed by atoms with Crippen LogP contribution in [0, 0.1) is 5.92 Å². The summed E-state index contributed by atoms with van der Waals surface area (Å²) in [5.41, 5.74) is 2.18. The Morgan fingerprint density at radius 2 is 2.00 bits per heavy atom. The maximum atomic E-state index is 12.8. The van der Waals surface area contributed by atoms with Crippen molar-refractivity contribution in [3.8, 4) is 0 Å². The van der Waals surface area contributed by atoms with Gasteiger partial charge in [-0.05, 0) is 43.4 Å². The van der Waals surface area contributed by atoms with E-state index in [1.54, 1.807) is 12.3 Å². The average Bonchev–Trinajstić information content (AvgIpc) is 2.74. The van der Waals surface area contributed by atoms with Crippen LogP contribution in [0.4, 0.5) is 5.82 Å². The van der Waals surface area contributed by atoms with E-state index in [1.165, 1.54) is 24.1 Å². The van der Waals surface area contributed by atoms with Gasteiger partial charge in [0.2, 0.25) is 5.91 Å². The normalized spacial score (nSPS) is 20.9. The van der Waals surface area contributed by atoms with E-state index in [1.807, 2.05) is 4.90 Å². The van der Waals surface area contributed by atoms with Gasteiger partial charge in [0.25, 0.3) is 5.91 Å². The monoisotopic (exact) mass is 406 g/mol. The lowest BCUT2D eigenvalue weighted by Gasteiger charge is -2.36. The van der Waals surface area contributed by atoms with Crippen LogP contribution >= 0.6 is 11.6 Å². The van der Waals surface area contributed by atoms with Crippen molar-refractivity contribution in [2.45, 2.75) is 51.0 Å². The molecule has 2 heterocycles. The number of nitrogens with zero attached hydrogens (tertiary/aromatic N) is 2. The molecule has 1 aromatic heterocycles. The molecule has 1 aliphatic carbocycles. The van der Waals surface area contributed by atoms with Gasteiger partial charge in [-0.25, -0.2) is 10.5 Å². The number of piperidine rings is 1. The molecule has 0 aromatic carbocycles. The Balaban J connectivity index is 1.59. The van der Waals surface area contributed by atoms with Crippen LogP contribution in [-0.4, -0.2) is 46.0 Å². The Hall–Kier alpha value is -2.12. The van der Waals surface area contributed by atoms with Crippen molar-refractivity contribution in [3.05, 3.63) is 28.9 Å². The smallest absolute Gasteiger partial charge is 0.267 e. The second-order valence-electron chi connectivity index (χ2n) is 7.51. The first-order chi connectivity index (χ1) is 13.6. The quantitative estimate of drug-likeness (QED) is 0.396. The Labute approximate surface area is 170 Å². The summed E-state index contributed by atoms with van der Waals surface area (Å²) in [5.74, 6) is 0.440. The number of hydrogen-bond acceptors (Lipinski definition) is 5. The maximum absolute atomic E-state index is 12.8. The average molecular weight is 407 g/mol. The lowest BCUT2D eigenvalue weighted by atomic mass is 9.87. The lowest BCUT2D eigenvalue weighted by molar-refractivity contribution is -0.137. The second-order valence-corrected chi connectivity index (χ2v) is 7.92. The van der Waals surface area contributed by atoms with Gasteiger partial charge in [-0.15, -0.1) is 0 Å². The summed E-state index contributed by atoms with van der Waals surface area (Å²) < 4.78 is 0. The molecule has 1 atom stereocenters. The minimum atomic E-state index is -0.622. The molecule has 3 N–H and O–H groups in total. The molecule has 2 fully saturated rings. The number of rotatable bonds is 5. The van der Waals surface area contributed by atoms with Gasteiger partial charge in [-0.2, -0.15) is 0 Å². The highest BCUT2D eigenvalue weighted by Crippen LogP contribution is 2.28. The molecule has 1 saturated carbocycles. The molecule has 8 heteroatoms. The van der Waals surface area contributed by atoms with Crippen LogP contribution in [-0.2, 0) is 9.59 Å². The first-order valence-electron chi connectivity index (χ1n) is 9.90. The molecule has 28 heavy (non-hydrogen) atoms. The molecule has 152 valence electrons. The number of halogens is 1. The maximum Gasteiger partial charge on any atom is 0.267 e. The minimum Gasteiger partial charge on any atom is -0.364 e. The molecule has 2 amide bonds. The molecule has 2 aliphatic rings. The van der Waals surface area contributed by atoms with Crippen LogP contribution in [0.25, 0.3) is 6.08 Å². The van der Waals surface area contributed by atoms with Gasteiger partial charge in [0, 0.05) is 37.3 Å². The molecule has 0 bridgehead atoms. The van der Waals surface area contributed by atoms with Crippen molar-refractivity contribution in [2.75, 3.05) is 18.4 Å². The summed E-state index contributed by atoms with van der Waals surface area (Å²) in [7, 11) is 0. The number of hydrogen-bond donors (Lipinski definition) is 3. The van der Waals surface area contributed by atoms with Crippen LogP contribution in [0.1, 0.15) is 50.5 Å².